The number of methoxy groups -OCH3 is 1. The largest absolute Gasteiger partial charge is 0.497 e. The molecule has 162 valence electrons. The summed E-state index contributed by atoms with van der Waals surface area (Å²) < 4.78 is 13.6. The van der Waals surface area contributed by atoms with Crippen LogP contribution in [0, 0.1) is 0 Å². The quantitative estimate of drug-likeness (QED) is 0.597. The third-order valence-electron chi connectivity index (χ3n) is 5.48. The summed E-state index contributed by atoms with van der Waals surface area (Å²) in [5.41, 5.74) is 1.39. The van der Waals surface area contributed by atoms with E-state index in [1.165, 1.54) is 11.1 Å². The van der Waals surface area contributed by atoms with Gasteiger partial charge in [0.15, 0.2) is 0 Å². The van der Waals surface area contributed by atoms with Crippen LogP contribution in [-0.4, -0.2) is 69.4 Å². The lowest BCUT2D eigenvalue weighted by molar-refractivity contribution is 0.0576. The number of hydrogen-bond donors (Lipinski definition) is 1. The highest BCUT2D eigenvalue weighted by Crippen LogP contribution is 2.23. The Bertz CT molecular complexity index is 1180. The van der Waals surface area contributed by atoms with Crippen molar-refractivity contribution in [2.75, 3.05) is 27.4 Å². The summed E-state index contributed by atoms with van der Waals surface area (Å²) in [5, 5.41) is 10.0. The molecule has 4 rings (SSSR count). The van der Waals surface area contributed by atoms with Crippen LogP contribution in [0.25, 0.3) is 16.9 Å². The Labute approximate surface area is 178 Å². The van der Waals surface area contributed by atoms with Crippen molar-refractivity contribution < 1.29 is 19.4 Å². The monoisotopic (exact) mass is 424 g/mol. The number of carbonyl (C=O) groups excluding carboxylic acids is 1. The van der Waals surface area contributed by atoms with Crippen LogP contribution in [0.5, 0.6) is 5.75 Å². The number of benzene rings is 1. The van der Waals surface area contributed by atoms with Crippen molar-refractivity contribution in [1.82, 2.24) is 18.9 Å². The number of amides is 1. The number of allylic oxidation sites excluding steroid dienone is 1. The normalized spacial score (nSPS) is 18.3. The molecule has 2 atom stereocenters. The summed E-state index contributed by atoms with van der Waals surface area (Å²) in [4.78, 5) is 31.8. The molecule has 3 heterocycles. The summed E-state index contributed by atoms with van der Waals surface area (Å²) in [7, 11) is 3.18. The number of fused-ring (bicyclic) bond motifs is 1. The predicted molar refractivity (Wildman–Crippen MR) is 114 cm³/mol. The molecule has 3 aromatic rings. The number of ether oxygens (including phenoxy) is 2. The van der Waals surface area contributed by atoms with Crippen molar-refractivity contribution in [3.63, 3.8) is 0 Å². The molecular weight excluding hydrogens is 400 g/mol. The minimum Gasteiger partial charge on any atom is -0.497 e. The van der Waals surface area contributed by atoms with Crippen LogP contribution in [0.2, 0.25) is 0 Å². The molecule has 1 N–H and O–H groups in total. The number of aromatic nitrogens is 3. The minimum atomic E-state index is -0.752. The van der Waals surface area contributed by atoms with E-state index in [1.807, 2.05) is 24.3 Å². The van der Waals surface area contributed by atoms with Gasteiger partial charge in [-0.3, -0.25) is 18.6 Å². The fraction of sp³-hybridized carbons (Fsp3) is 0.318. The van der Waals surface area contributed by atoms with Gasteiger partial charge in [0, 0.05) is 31.5 Å². The maximum absolute atomic E-state index is 13.2. The second-order valence-electron chi connectivity index (χ2n) is 7.39. The smallest absolute Gasteiger partial charge is 0.295 e. The zero-order valence-electron chi connectivity index (χ0n) is 17.4. The highest BCUT2D eigenvalue weighted by atomic mass is 16.5. The van der Waals surface area contributed by atoms with Crippen molar-refractivity contribution in [3.8, 4) is 17.0 Å². The van der Waals surface area contributed by atoms with Crippen LogP contribution >= 0.6 is 0 Å². The molecule has 1 aliphatic rings. The predicted octanol–water partition coefficient (Wildman–Crippen LogP) is 1.19. The minimum absolute atomic E-state index is 0.121. The van der Waals surface area contributed by atoms with Gasteiger partial charge in [-0.15, -0.1) is 6.58 Å². The van der Waals surface area contributed by atoms with Crippen molar-refractivity contribution in [2.45, 2.75) is 18.7 Å². The van der Waals surface area contributed by atoms with Gasteiger partial charge < -0.3 is 19.5 Å². The number of hydrogen-bond acceptors (Lipinski definition) is 6. The van der Waals surface area contributed by atoms with Gasteiger partial charge in [0.2, 0.25) is 5.65 Å². The van der Waals surface area contributed by atoms with Gasteiger partial charge in [0.1, 0.15) is 11.4 Å². The lowest BCUT2D eigenvalue weighted by Crippen LogP contribution is -2.44. The second-order valence-corrected chi connectivity index (χ2v) is 7.39. The first-order valence-electron chi connectivity index (χ1n) is 9.85. The first-order chi connectivity index (χ1) is 14.9. The molecule has 9 nitrogen and oxygen atoms in total. The topological polar surface area (TPSA) is 98.3 Å². The third kappa shape index (κ3) is 3.73. The van der Waals surface area contributed by atoms with Crippen LogP contribution in [0.3, 0.4) is 0 Å². The molecule has 1 aromatic carbocycles. The Kier molecular flexibility index (Phi) is 5.62. The van der Waals surface area contributed by atoms with E-state index >= 15 is 0 Å². The molecule has 0 spiro atoms. The summed E-state index contributed by atoms with van der Waals surface area (Å²) in [6.07, 6.45) is 4.18. The first kappa shape index (κ1) is 20.8. The van der Waals surface area contributed by atoms with Gasteiger partial charge >= 0.3 is 0 Å². The van der Waals surface area contributed by atoms with E-state index in [1.54, 1.807) is 35.4 Å². The maximum atomic E-state index is 13.2. The van der Waals surface area contributed by atoms with Gasteiger partial charge in [-0.25, -0.2) is 4.98 Å². The second kappa shape index (κ2) is 8.37. The molecule has 0 saturated carbocycles. The average Bonchev–Trinajstić information content (AvgIpc) is 3.41. The summed E-state index contributed by atoms with van der Waals surface area (Å²) >= 11 is 0. The number of aliphatic hydroxyl groups excluding tert-OH is 1. The molecule has 31 heavy (non-hydrogen) atoms. The highest BCUT2D eigenvalue weighted by molar-refractivity contribution is 5.93. The van der Waals surface area contributed by atoms with Gasteiger partial charge in [0.25, 0.3) is 11.5 Å². The molecule has 0 radical (unpaired) electrons. The highest BCUT2D eigenvalue weighted by Gasteiger charge is 2.33. The van der Waals surface area contributed by atoms with Crippen LogP contribution in [0.4, 0.5) is 0 Å². The Morgan fingerprint density at radius 1 is 1.35 bits per heavy atom. The number of carbonyl (C=O) groups is 1. The Morgan fingerprint density at radius 2 is 2.10 bits per heavy atom. The lowest BCUT2D eigenvalue weighted by atomic mass is 10.1. The Balaban J connectivity index is 1.78. The van der Waals surface area contributed by atoms with Crippen LogP contribution in [0.15, 0.2) is 54.1 Å². The van der Waals surface area contributed by atoms with E-state index in [0.29, 0.717) is 18.0 Å². The van der Waals surface area contributed by atoms with Gasteiger partial charge in [-0.1, -0.05) is 6.08 Å². The van der Waals surface area contributed by atoms with Crippen molar-refractivity contribution in [3.05, 3.63) is 65.4 Å². The Hall–Kier alpha value is -3.43. The average molecular weight is 424 g/mol. The lowest BCUT2D eigenvalue weighted by Gasteiger charge is -2.24. The summed E-state index contributed by atoms with van der Waals surface area (Å²) in [6, 6.07) is 6.89. The third-order valence-corrected chi connectivity index (χ3v) is 5.48. The summed E-state index contributed by atoms with van der Waals surface area (Å²) in [6.45, 7) is 4.47. The number of likely N-dealkylation sites (N-methyl/N-ethyl adjacent to an activating group) is 1. The van der Waals surface area contributed by atoms with Crippen molar-refractivity contribution in [2.24, 2.45) is 0 Å². The fourth-order valence-corrected chi connectivity index (χ4v) is 3.72. The standard InChI is InChI=1S/C22H24N4O5/c1-4-9-26-17(14-5-7-15(30-3)8-6-14)11-25-10-16(23-20(25)22(26)29)21(28)24(2)18-12-31-13-19(18)27/h4-8,10-11,18-19,27H,1,9,12-13H2,2-3H3. The van der Waals surface area contributed by atoms with E-state index in [-0.39, 0.29) is 36.0 Å². The molecule has 1 amide bonds. The number of nitrogens with zero attached hydrogens (tertiary/aromatic N) is 4. The summed E-state index contributed by atoms with van der Waals surface area (Å²) in [5.74, 6) is 0.318. The fourth-order valence-electron chi connectivity index (χ4n) is 3.72. The van der Waals surface area contributed by atoms with Crippen LogP contribution in [-0.2, 0) is 11.3 Å². The van der Waals surface area contributed by atoms with Crippen LogP contribution in [0.1, 0.15) is 10.5 Å². The van der Waals surface area contributed by atoms with E-state index < -0.39 is 12.1 Å². The SMILES string of the molecule is C=CCn1c(-c2ccc(OC)cc2)cn2cc(C(=O)N(C)C3COCC3O)nc2c1=O. The first-order valence-corrected chi connectivity index (χ1v) is 9.85. The zero-order valence-corrected chi connectivity index (χ0v) is 17.4. The Morgan fingerprint density at radius 3 is 2.71 bits per heavy atom. The molecule has 1 saturated heterocycles. The number of aliphatic hydroxyl groups is 1. The zero-order chi connectivity index (χ0) is 22.1. The van der Waals surface area contributed by atoms with Gasteiger partial charge in [-0.05, 0) is 24.3 Å². The van der Waals surface area contributed by atoms with Gasteiger partial charge in [0.05, 0.1) is 38.2 Å². The van der Waals surface area contributed by atoms with Crippen molar-refractivity contribution in [1.29, 1.82) is 0 Å². The maximum Gasteiger partial charge on any atom is 0.295 e. The van der Waals surface area contributed by atoms with Gasteiger partial charge in [-0.2, -0.15) is 0 Å². The molecule has 2 unspecified atom stereocenters. The molecular formula is C22H24N4O5. The van der Waals surface area contributed by atoms with Crippen molar-refractivity contribution >= 4 is 11.6 Å². The molecule has 0 bridgehead atoms. The van der Waals surface area contributed by atoms with E-state index in [0.717, 1.165) is 5.56 Å². The number of imidazole rings is 1. The van der Waals surface area contributed by atoms with E-state index in [4.69, 9.17) is 9.47 Å². The molecule has 9 heteroatoms. The van der Waals surface area contributed by atoms with E-state index in [9.17, 15) is 14.7 Å². The molecule has 0 aliphatic carbocycles. The van der Waals surface area contributed by atoms with Crippen LogP contribution < -0.4 is 10.3 Å². The molecule has 2 aromatic heterocycles. The van der Waals surface area contributed by atoms with E-state index in [2.05, 4.69) is 11.6 Å². The molecule has 1 fully saturated rings. The number of rotatable bonds is 6. The molecule has 1 aliphatic heterocycles.